The van der Waals surface area contributed by atoms with Crippen LogP contribution in [0.1, 0.15) is 105 Å². The average Bonchev–Trinajstić information content (AvgIpc) is 3.91. The molecule has 0 aromatic carbocycles. The number of urea groups is 1. The third kappa shape index (κ3) is 8.35. The number of alkyl halides is 2. The Morgan fingerprint density at radius 1 is 0.959 bits per heavy atom. The van der Waals surface area contributed by atoms with Crippen LogP contribution in [0.2, 0.25) is 0 Å². The molecule has 12 nitrogen and oxygen atoms in total. The van der Waals surface area contributed by atoms with Crippen molar-refractivity contribution in [1.82, 2.24) is 26.2 Å². The van der Waals surface area contributed by atoms with Crippen LogP contribution in [-0.4, -0.2) is 94.9 Å². The summed E-state index contributed by atoms with van der Waals surface area (Å²) in [5.41, 5.74) is -1.70. The first-order chi connectivity index (χ1) is 23.0. The summed E-state index contributed by atoms with van der Waals surface area (Å²) < 4.78 is 26.1. The van der Waals surface area contributed by atoms with E-state index in [1.165, 1.54) is 4.90 Å². The van der Waals surface area contributed by atoms with Gasteiger partial charge in [0.25, 0.3) is 5.91 Å². The largest absolute Gasteiger partial charge is 0.347 e. The molecule has 49 heavy (non-hydrogen) atoms. The number of piperidine rings is 1. The van der Waals surface area contributed by atoms with Gasteiger partial charge in [-0.1, -0.05) is 59.8 Å². The molecule has 15 heteroatoms. The molecular weight excluding hydrogens is 693 g/mol. The molecule has 3 saturated carbocycles. The van der Waals surface area contributed by atoms with Gasteiger partial charge in [0.1, 0.15) is 16.9 Å². The number of carbonyl (C=O) groups is 5. The number of sulfone groups is 1. The van der Waals surface area contributed by atoms with Gasteiger partial charge in [-0.3, -0.25) is 19.2 Å². The highest BCUT2D eigenvalue weighted by Gasteiger charge is 2.67. The highest BCUT2D eigenvalue weighted by molar-refractivity contribution is 7.92. The lowest BCUT2D eigenvalue weighted by molar-refractivity contribution is -0.145. The quantitative estimate of drug-likeness (QED) is 0.165. The second-order valence-corrected chi connectivity index (χ2v) is 19.5. The Morgan fingerprint density at radius 3 is 2.18 bits per heavy atom. The SMILES string of the molecule is CCCC[C@H](NC(=O)[C@@H]1C2C(CN1C(=O)[C@@H](NC(=O)NC1(C3CCCS3(=O)=O)CCCCC1)C(C)(C)C)C2C(Cl)Cl)C(=O)C(=O)NC1CC1. The van der Waals surface area contributed by atoms with Crippen LogP contribution in [0.3, 0.4) is 0 Å². The first kappa shape index (κ1) is 38.1. The third-order valence-corrected chi connectivity index (χ3v) is 14.3. The molecular formula is C34H53Cl2N5O7S. The Bertz CT molecular complexity index is 1410. The summed E-state index contributed by atoms with van der Waals surface area (Å²) in [5.74, 6) is -3.08. The summed E-state index contributed by atoms with van der Waals surface area (Å²) >= 11 is 12.6. The van der Waals surface area contributed by atoms with Gasteiger partial charge in [-0.15, -0.1) is 23.2 Å². The standard InChI is InChI=1S/C34H53Cl2N5O7S/c1-5-6-11-21(26(42)30(44)37-19-13-14-19)38-29(43)25-23-20(24(23)28(35)36)18-41(25)31(45)27(33(2,3)4)39-32(46)40-34(15-8-7-9-16-34)22-12-10-17-49(22,47)48/h19-25,27-28H,5-18H2,1-4H3,(H,37,44)(H,38,43)(H2,39,40,46)/t20?,21-,22?,23?,24?,25-,27+/m0/s1. The van der Waals surface area contributed by atoms with Crippen molar-refractivity contribution in [3.63, 3.8) is 0 Å². The fraction of sp³-hybridized carbons (Fsp3) is 0.853. The lowest BCUT2D eigenvalue weighted by Gasteiger charge is -2.43. The van der Waals surface area contributed by atoms with Gasteiger partial charge in [-0.05, 0) is 68.1 Å². The highest BCUT2D eigenvalue weighted by Crippen LogP contribution is 2.59. The van der Waals surface area contributed by atoms with E-state index in [2.05, 4.69) is 21.3 Å². The van der Waals surface area contributed by atoms with E-state index in [1.54, 1.807) is 0 Å². The number of ketones is 1. The maximum atomic E-state index is 14.5. The van der Waals surface area contributed by atoms with E-state index in [0.717, 1.165) is 38.5 Å². The zero-order valence-corrected chi connectivity index (χ0v) is 31.4. The van der Waals surface area contributed by atoms with Gasteiger partial charge in [0.2, 0.25) is 17.6 Å². The lowest BCUT2D eigenvalue weighted by atomic mass is 9.78. The van der Waals surface area contributed by atoms with E-state index >= 15 is 0 Å². The molecule has 2 heterocycles. The molecule has 3 aliphatic carbocycles. The Morgan fingerprint density at radius 2 is 1.63 bits per heavy atom. The van der Waals surface area contributed by atoms with Crippen molar-refractivity contribution < 1.29 is 32.4 Å². The molecule has 0 radical (unpaired) electrons. The summed E-state index contributed by atoms with van der Waals surface area (Å²) in [6.07, 6.45) is 7.97. The number of amides is 5. The molecule has 4 N–H and O–H groups in total. The maximum Gasteiger partial charge on any atom is 0.315 e. The van der Waals surface area contributed by atoms with E-state index in [1.807, 2.05) is 27.7 Å². The molecule has 5 fully saturated rings. The van der Waals surface area contributed by atoms with Crippen molar-refractivity contribution in [2.45, 2.75) is 145 Å². The molecule has 0 aromatic rings. The minimum Gasteiger partial charge on any atom is -0.347 e. The van der Waals surface area contributed by atoms with Crippen molar-refractivity contribution in [3.05, 3.63) is 0 Å². The first-order valence-electron chi connectivity index (χ1n) is 18.0. The molecule has 5 aliphatic rings. The molecule has 5 rings (SSSR count). The predicted molar refractivity (Wildman–Crippen MR) is 187 cm³/mol. The molecule has 2 aliphatic heterocycles. The Labute approximate surface area is 300 Å². The molecule has 7 atom stereocenters. The Kier molecular flexibility index (Phi) is 11.6. The molecule has 4 unspecified atom stereocenters. The van der Waals surface area contributed by atoms with Crippen molar-refractivity contribution in [1.29, 1.82) is 0 Å². The lowest BCUT2D eigenvalue weighted by Crippen LogP contribution is -2.65. The van der Waals surface area contributed by atoms with Crippen LogP contribution in [0, 0.1) is 23.2 Å². The molecule has 0 spiro atoms. The molecule has 5 amide bonds. The van der Waals surface area contributed by atoms with Crippen LogP contribution in [0.15, 0.2) is 0 Å². The second-order valence-electron chi connectivity index (χ2n) is 16.0. The number of fused-ring (bicyclic) bond motifs is 1. The first-order valence-corrected chi connectivity index (χ1v) is 20.6. The zero-order valence-electron chi connectivity index (χ0n) is 29.1. The number of hydrogen-bond donors (Lipinski definition) is 4. The number of halogens is 2. The van der Waals surface area contributed by atoms with Gasteiger partial charge in [0.15, 0.2) is 9.84 Å². The predicted octanol–water partition coefficient (Wildman–Crippen LogP) is 3.38. The zero-order chi connectivity index (χ0) is 35.9. The number of unbranched alkanes of at least 4 members (excludes halogenated alkanes) is 1. The van der Waals surface area contributed by atoms with E-state index in [9.17, 15) is 32.4 Å². The van der Waals surface area contributed by atoms with E-state index in [-0.39, 0.29) is 42.5 Å². The molecule has 0 bridgehead atoms. The molecule has 0 aromatic heterocycles. The number of hydrogen-bond acceptors (Lipinski definition) is 7. The van der Waals surface area contributed by atoms with E-state index < -0.39 is 78.5 Å². The minimum atomic E-state index is -3.37. The number of rotatable bonds is 13. The van der Waals surface area contributed by atoms with Gasteiger partial charge in [0, 0.05) is 12.6 Å². The molecule has 276 valence electrons. The van der Waals surface area contributed by atoms with Crippen molar-refractivity contribution in [2.75, 3.05) is 12.3 Å². The van der Waals surface area contributed by atoms with Crippen molar-refractivity contribution >= 4 is 62.6 Å². The Balaban J connectivity index is 1.35. The summed E-state index contributed by atoms with van der Waals surface area (Å²) in [6, 6.07) is -3.76. The minimum absolute atomic E-state index is 0.0196. The smallest absolute Gasteiger partial charge is 0.315 e. The van der Waals surface area contributed by atoms with Crippen molar-refractivity contribution in [2.24, 2.45) is 23.2 Å². The Hall–Kier alpha value is -2.12. The average molecular weight is 747 g/mol. The summed E-state index contributed by atoms with van der Waals surface area (Å²) in [4.78, 5) is 68.9. The van der Waals surface area contributed by atoms with Gasteiger partial charge in [-0.2, -0.15) is 0 Å². The fourth-order valence-electron chi connectivity index (χ4n) is 8.47. The van der Waals surface area contributed by atoms with Gasteiger partial charge < -0.3 is 26.2 Å². The van der Waals surface area contributed by atoms with Crippen LogP contribution in [0.25, 0.3) is 0 Å². The number of Topliss-reactive ketones (excluding diaryl/α,β-unsaturated/α-hetero) is 1. The van der Waals surface area contributed by atoms with E-state index in [4.69, 9.17) is 23.2 Å². The topological polar surface area (TPSA) is 171 Å². The van der Waals surface area contributed by atoms with Crippen LogP contribution < -0.4 is 21.3 Å². The number of nitrogens with zero attached hydrogens (tertiary/aromatic N) is 1. The third-order valence-electron chi connectivity index (χ3n) is 11.3. The van der Waals surface area contributed by atoms with Gasteiger partial charge >= 0.3 is 6.03 Å². The van der Waals surface area contributed by atoms with Crippen LogP contribution in [0.4, 0.5) is 4.79 Å². The monoisotopic (exact) mass is 745 g/mol. The van der Waals surface area contributed by atoms with Gasteiger partial charge in [-0.25, -0.2) is 13.2 Å². The number of likely N-dealkylation sites (tertiary alicyclic amines) is 1. The molecule has 2 saturated heterocycles. The van der Waals surface area contributed by atoms with Crippen LogP contribution >= 0.6 is 23.2 Å². The fourth-order valence-corrected chi connectivity index (χ4v) is 11.5. The maximum absolute atomic E-state index is 14.5. The van der Waals surface area contributed by atoms with Crippen LogP contribution in [0.5, 0.6) is 0 Å². The normalized spacial score (nSPS) is 29.8. The van der Waals surface area contributed by atoms with Crippen molar-refractivity contribution in [3.8, 4) is 0 Å². The summed E-state index contributed by atoms with van der Waals surface area (Å²) in [7, 11) is -3.37. The highest BCUT2D eigenvalue weighted by atomic mass is 35.5. The number of carbonyl (C=O) groups excluding carboxylic acids is 5. The number of nitrogens with one attached hydrogen (secondary N) is 4. The summed E-state index contributed by atoms with van der Waals surface area (Å²) in [6.45, 7) is 7.58. The summed E-state index contributed by atoms with van der Waals surface area (Å²) in [5, 5.41) is 10.8. The van der Waals surface area contributed by atoms with Crippen LogP contribution in [-0.2, 0) is 29.0 Å². The second kappa shape index (κ2) is 14.9. The van der Waals surface area contributed by atoms with Gasteiger partial charge in [0.05, 0.1) is 22.6 Å². The van der Waals surface area contributed by atoms with E-state index in [0.29, 0.717) is 32.1 Å².